The number of aromatic nitrogens is 2. The Bertz CT molecular complexity index is 318. The van der Waals surface area contributed by atoms with Crippen LogP contribution in [-0.4, -0.2) is 15.6 Å². The molecule has 110 valence electrons. The van der Waals surface area contributed by atoms with Gasteiger partial charge in [0.25, 0.3) is 0 Å². The summed E-state index contributed by atoms with van der Waals surface area (Å²) in [6, 6.07) is 0.194. The maximum absolute atomic E-state index is 5.83. The molecule has 1 rings (SSSR count). The second kappa shape index (κ2) is 10.0. The Labute approximate surface area is 118 Å². The molecular formula is C16H31N3. The summed E-state index contributed by atoms with van der Waals surface area (Å²) in [5, 5.41) is 0. The van der Waals surface area contributed by atoms with E-state index in [0.29, 0.717) is 0 Å². The van der Waals surface area contributed by atoms with E-state index in [4.69, 9.17) is 5.73 Å². The highest BCUT2D eigenvalue weighted by Crippen LogP contribution is 2.10. The van der Waals surface area contributed by atoms with Crippen molar-refractivity contribution >= 4 is 0 Å². The lowest BCUT2D eigenvalue weighted by atomic mass is 10.1. The molecule has 0 bridgehead atoms. The Morgan fingerprint density at radius 1 is 1.11 bits per heavy atom. The summed E-state index contributed by atoms with van der Waals surface area (Å²) in [5.74, 6) is 1.14. The van der Waals surface area contributed by atoms with Crippen molar-refractivity contribution in [2.45, 2.75) is 84.2 Å². The second-order valence-electron chi connectivity index (χ2n) is 5.69. The smallest absolute Gasteiger partial charge is 0.110 e. The van der Waals surface area contributed by atoms with Crippen molar-refractivity contribution in [1.82, 2.24) is 9.55 Å². The number of nitrogens with zero attached hydrogens (tertiary/aromatic N) is 2. The van der Waals surface area contributed by atoms with E-state index in [-0.39, 0.29) is 6.04 Å². The summed E-state index contributed by atoms with van der Waals surface area (Å²) in [5.41, 5.74) is 5.83. The van der Waals surface area contributed by atoms with Gasteiger partial charge in [-0.3, -0.25) is 0 Å². The van der Waals surface area contributed by atoms with Gasteiger partial charge < -0.3 is 10.3 Å². The van der Waals surface area contributed by atoms with Gasteiger partial charge in [0.05, 0.1) is 0 Å². The Hall–Kier alpha value is -0.830. The van der Waals surface area contributed by atoms with Crippen LogP contribution in [0.3, 0.4) is 0 Å². The molecule has 0 radical (unpaired) electrons. The minimum atomic E-state index is 0.194. The van der Waals surface area contributed by atoms with Gasteiger partial charge in [-0.05, 0) is 13.3 Å². The Balaban J connectivity index is 2.07. The highest BCUT2D eigenvalue weighted by atomic mass is 15.1. The fourth-order valence-corrected chi connectivity index (χ4v) is 2.44. The van der Waals surface area contributed by atoms with E-state index in [1.165, 1.54) is 51.4 Å². The molecule has 0 amide bonds. The molecule has 0 aliphatic carbocycles. The summed E-state index contributed by atoms with van der Waals surface area (Å²) in [6.45, 7) is 5.40. The first-order chi connectivity index (χ1) is 9.24. The van der Waals surface area contributed by atoms with Crippen LogP contribution in [0.2, 0.25) is 0 Å². The molecule has 1 unspecified atom stereocenters. The number of rotatable bonds is 11. The van der Waals surface area contributed by atoms with E-state index in [2.05, 4.69) is 22.7 Å². The number of nitrogens with two attached hydrogens (primary N) is 1. The third-order valence-electron chi connectivity index (χ3n) is 3.56. The predicted octanol–water partition coefficient (Wildman–Crippen LogP) is 3.91. The third-order valence-corrected chi connectivity index (χ3v) is 3.56. The number of unbranched alkanes of at least 4 members (excludes halogenated alkanes) is 7. The molecule has 0 aliphatic heterocycles. The predicted molar refractivity (Wildman–Crippen MR) is 82.2 cm³/mol. The minimum absolute atomic E-state index is 0.194. The second-order valence-corrected chi connectivity index (χ2v) is 5.69. The molecule has 1 atom stereocenters. The average molecular weight is 265 g/mol. The fraction of sp³-hybridized carbons (Fsp3) is 0.812. The van der Waals surface area contributed by atoms with Crippen molar-refractivity contribution in [3.8, 4) is 0 Å². The zero-order valence-electron chi connectivity index (χ0n) is 12.8. The molecule has 3 heteroatoms. The molecule has 1 aromatic heterocycles. The molecule has 0 saturated carbocycles. The Morgan fingerprint density at radius 2 is 1.74 bits per heavy atom. The van der Waals surface area contributed by atoms with Crippen LogP contribution in [0.1, 0.15) is 71.0 Å². The van der Waals surface area contributed by atoms with Crippen molar-refractivity contribution in [3.63, 3.8) is 0 Å². The van der Waals surface area contributed by atoms with Crippen molar-refractivity contribution in [1.29, 1.82) is 0 Å². The van der Waals surface area contributed by atoms with Gasteiger partial charge in [0, 0.05) is 31.4 Å². The summed E-state index contributed by atoms with van der Waals surface area (Å²) in [4.78, 5) is 4.39. The quantitative estimate of drug-likeness (QED) is 0.616. The van der Waals surface area contributed by atoms with Crippen LogP contribution in [-0.2, 0) is 13.0 Å². The molecule has 2 N–H and O–H groups in total. The van der Waals surface area contributed by atoms with Crippen LogP contribution >= 0.6 is 0 Å². The number of hydrogen-bond donors (Lipinski definition) is 1. The van der Waals surface area contributed by atoms with Crippen molar-refractivity contribution < 1.29 is 0 Å². The largest absolute Gasteiger partial charge is 0.335 e. The number of hydrogen-bond acceptors (Lipinski definition) is 2. The van der Waals surface area contributed by atoms with E-state index in [9.17, 15) is 0 Å². The first kappa shape index (κ1) is 16.2. The first-order valence-corrected chi connectivity index (χ1v) is 7.99. The van der Waals surface area contributed by atoms with Crippen LogP contribution in [0.4, 0.5) is 0 Å². The van der Waals surface area contributed by atoms with Gasteiger partial charge in [0.15, 0.2) is 0 Å². The number of imidazole rings is 1. The molecule has 3 nitrogen and oxygen atoms in total. The van der Waals surface area contributed by atoms with Gasteiger partial charge in [-0.2, -0.15) is 0 Å². The summed E-state index contributed by atoms with van der Waals surface area (Å²) >= 11 is 0. The molecule has 0 aliphatic rings. The molecular weight excluding hydrogens is 234 g/mol. The standard InChI is InChI=1S/C16H31N3/c1-3-4-5-6-7-8-9-10-12-19-13-11-18-16(19)14-15(2)17/h11,13,15H,3-10,12,14,17H2,1-2H3. The van der Waals surface area contributed by atoms with Gasteiger partial charge in [-0.1, -0.05) is 51.9 Å². The fourth-order valence-electron chi connectivity index (χ4n) is 2.44. The topological polar surface area (TPSA) is 43.8 Å². The van der Waals surface area contributed by atoms with Crippen molar-refractivity contribution in [3.05, 3.63) is 18.2 Å². The van der Waals surface area contributed by atoms with Gasteiger partial charge >= 0.3 is 0 Å². The lowest BCUT2D eigenvalue weighted by Crippen LogP contribution is -2.20. The molecule has 0 spiro atoms. The van der Waals surface area contributed by atoms with E-state index < -0.39 is 0 Å². The van der Waals surface area contributed by atoms with Crippen molar-refractivity contribution in [2.24, 2.45) is 5.73 Å². The van der Waals surface area contributed by atoms with Gasteiger partial charge in [-0.15, -0.1) is 0 Å². The lowest BCUT2D eigenvalue weighted by Gasteiger charge is -2.09. The Kier molecular flexibility index (Phi) is 8.55. The highest BCUT2D eigenvalue weighted by molar-refractivity contribution is 4.94. The lowest BCUT2D eigenvalue weighted by molar-refractivity contribution is 0.529. The zero-order valence-corrected chi connectivity index (χ0v) is 12.8. The average Bonchev–Trinajstić information content (AvgIpc) is 2.79. The molecule has 19 heavy (non-hydrogen) atoms. The van der Waals surface area contributed by atoms with E-state index in [1.54, 1.807) is 0 Å². The van der Waals surface area contributed by atoms with Crippen LogP contribution in [0.15, 0.2) is 12.4 Å². The zero-order chi connectivity index (χ0) is 13.9. The van der Waals surface area contributed by atoms with Gasteiger partial charge in [-0.25, -0.2) is 4.98 Å². The molecule has 1 aromatic rings. The van der Waals surface area contributed by atoms with Crippen LogP contribution in [0.25, 0.3) is 0 Å². The van der Waals surface area contributed by atoms with Crippen molar-refractivity contribution in [2.75, 3.05) is 0 Å². The van der Waals surface area contributed by atoms with Gasteiger partial charge in [0.1, 0.15) is 5.82 Å². The molecule has 1 heterocycles. The minimum Gasteiger partial charge on any atom is -0.335 e. The van der Waals surface area contributed by atoms with E-state index >= 15 is 0 Å². The van der Waals surface area contributed by atoms with Crippen LogP contribution in [0.5, 0.6) is 0 Å². The van der Waals surface area contributed by atoms with E-state index in [1.807, 2.05) is 13.1 Å². The number of aryl methyl sites for hydroxylation is 1. The summed E-state index contributed by atoms with van der Waals surface area (Å²) < 4.78 is 2.26. The molecule has 0 fully saturated rings. The summed E-state index contributed by atoms with van der Waals surface area (Å²) in [7, 11) is 0. The SMILES string of the molecule is CCCCCCCCCCn1ccnc1CC(C)N. The normalized spacial score (nSPS) is 12.8. The molecule has 0 aromatic carbocycles. The van der Waals surface area contributed by atoms with Gasteiger partial charge in [0.2, 0.25) is 0 Å². The van der Waals surface area contributed by atoms with E-state index in [0.717, 1.165) is 18.8 Å². The maximum Gasteiger partial charge on any atom is 0.110 e. The maximum atomic E-state index is 5.83. The summed E-state index contributed by atoms with van der Waals surface area (Å²) in [6.07, 6.45) is 15.8. The van der Waals surface area contributed by atoms with Crippen LogP contribution in [0, 0.1) is 0 Å². The highest BCUT2D eigenvalue weighted by Gasteiger charge is 2.04. The third kappa shape index (κ3) is 7.36. The Morgan fingerprint density at radius 3 is 2.37 bits per heavy atom. The monoisotopic (exact) mass is 265 g/mol. The van der Waals surface area contributed by atoms with Crippen LogP contribution < -0.4 is 5.73 Å². The molecule has 0 saturated heterocycles. The first-order valence-electron chi connectivity index (χ1n) is 7.99.